The van der Waals surface area contributed by atoms with Gasteiger partial charge in [-0.15, -0.1) is 11.8 Å². The van der Waals surface area contributed by atoms with Gasteiger partial charge in [-0.1, -0.05) is 18.2 Å². The number of benzene rings is 1. The molecule has 0 saturated carbocycles. The average Bonchev–Trinajstić information content (AvgIpc) is 2.90. The van der Waals surface area contributed by atoms with E-state index in [0.29, 0.717) is 16.8 Å². The quantitative estimate of drug-likeness (QED) is 0.750. The molecule has 1 aromatic carbocycles. The molecular formula is C15H13N3O2S2. The van der Waals surface area contributed by atoms with Crippen molar-refractivity contribution >= 4 is 39.5 Å². The molecule has 112 valence electrons. The van der Waals surface area contributed by atoms with Crippen LogP contribution in [0.4, 0.5) is 4.79 Å². The highest BCUT2D eigenvalue weighted by molar-refractivity contribution is 7.98. The summed E-state index contributed by atoms with van der Waals surface area (Å²) in [5.41, 5.74) is 0.694. The predicted octanol–water partition coefficient (Wildman–Crippen LogP) is 2.94. The van der Waals surface area contributed by atoms with Crippen LogP contribution in [0.1, 0.15) is 5.56 Å². The summed E-state index contributed by atoms with van der Waals surface area (Å²) in [5.74, 6) is 0. The number of nitrogens with one attached hydrogen (secondary N) is 1. The molecule has 2 heterocycles. The minimum Gasteiger partial charge on any atom is -0.333 e. The number of pyridine rings is 1. The van der Waals surface area contributed by atoms with Crippen LogP contribution in [-0.4, -0.2) is 21.2 Å². The SMILES string of the molecule is CSc1ccccc1CNC(=O)n1sc2ncccc2c1=O. The Labute approximate surface area is 135 Å². The fourth-order valence-corrected chi connectivity index (χ4v) is 3.57. The second kappa shape index (κ2) is 6.33. The van der Waals surface area contributed by atoms with Crippen molar-refractivity contribution in [1.29, 1.82) is 0 Å². The number of amides is 1. The Morgan fingerprint density at radius 1 is 1.32 bits per heavy atom. The third kappa shape index (κ3) is 2.77. The Morgan fingerprint density at radius 3 is 2.91 bits per heavy atom. The molecule has 1 amide bonds. The number of aromatic nitrogens is 2. The molecular weight excluding hydrogens is 318 g/mol. The van der Waals surface area contributed by atoms with Crippen LogP contribution in [0.2, 0.25) is 0 Å². The molecule has 0 aliphatic heterocycles. The van der Waals surface area contributed by atoms with Crippen LogP contribution in [0, 0.1) is 0 Å². The molecule has 0 aliphatic carbocycles. The summed E-state index contributed by atoms with van der Waals surface area (Å²) in [6, 6.07) is 10.8. The zero-order valence-electron chi connectivity index (χ0n) is 11.8. The summed E-state index contributed by atoms with van der Waals surface area (Å²) in [5, 5.41) is 3.25. The van der Waals surface area contributed by atoms with Gasteiger partial charge in [-0.05, 0) is 41.6 Å². The topological polar surface area (TPSA) is 64.0 Å². The highest BCUT2D eigenvalue weighted by atomic mass is 32.2. The van der Waals surface area contributed by atoms with Gasteiger partial charge in [-0.3, -0.25) is 4.79 Å². The van der Waals surface area contributed by atoms with Gasteiger partial charge in [-0.2, -0.15) is 3.96 Å². The molecule has 3 aromatic rings. The van der Waals surface area contributed by atoms with E-state index in [1.54, 1.807) is 30.1 Å². The van der Waals surface area contributed by atoms with E-state index in [1.165, 1.54) is 0 Å². The number of carbonyl (C=O) groups is 1. The molecule has 22 heavy (non-hydrogen) atoms. The molecule has 7 heteroatoms. The first-order valence-electron chi connectivity index (χ1n) is 6.58. The van der Waals surface area contributed by atoms with E-state index in [-0.39, 0.29) is 5.56 Å². The third-order valence-electron chi connectivity index (χ3n) is 3.17. The van der Waals surface area contributed by atoms with E-state index in [2.05, 4.69) is 10.3 Å². The Balaban J connectivity index is 1.82. The van der Waals surface area contributed by atoms with E-state index in [9.17, 15) is 9.59 Å². The second-order valence-corrected chi connectivity index (χ2v) is 6.30. The molecule has 5 nitrogen and oxygen atoms in total. The zero-order valence-corrected chi connectivity index (χ0v) is 13.4. The first-order valence-corrected chi connectivity index (χ1v) is 8.57. The summed E-state index contributed by atoms with van der Waals surface area (Å²) in [7, 11) is 0. The van der Waals surface area contributed by atoms with Gasteiger partial charge >= 0.3 is 6.03 Å². The summed E-state index contributed by atoms with van der Waals surface area (Å²) in [4.78, 5) is 30.2. The van der Waals surface area contributed by atoms with Gasteiger partial charge in [0.15, 0.2) is 0 Å². The average molecular weight is 331 g/mol. The van der Waals surface area contributed by atoms with Gasteiger partial charge in [0.1, 0.15) is 4.83 Å². The van der Waals surface area contributed by atoms with E-state index in [4.69, 9.17) is 0 Å². The molecule has 1 N–H and O–H groups in total. The lowest BCUT2D eigenvalue weighted by molar-refractivity contribution is 0.243. The third-order valence-corrected chi connectivity index (χ3v) is 5.02. The number of hydrogen-bond acceptors (Lipinski definition) is 5. The van der Waals surface area contributed by atoms with Gasteiger partial charge in [0.25, 0.3) is 5.56 Å². The number of carbonyl (C=O) groups excluding carboxylic acids is 1. The smallest absolute Gasteiger partial charge is 0.333 e. The summed E-state index contributed by atoms with van der Waals surface area (Å²) < 4.78 is 1.11. The molecule has 0 saturated heterocycles. The molecule has 0 bridgehead atoms. The van der Waals surface area contributed by atoms with Gasteiger partial charge in [-0.25, -0.2) is 9.78 Å². The van der Waals surface area contributed by atoms with Crippen LogP contribution in [0.25, 0.3) is 10.2 Å². The van der Waals surface area contributed by atoms with Gasteiger partial charge in [0.2, 0.25) is 0 Å². The normalized spacial score (nSPS) is 10.8. The summed E-state index contributed by atoms with van der Waals surface area (Å²) >= 11 is 2.68. The van der Waals surface area contributed by atoms with Crippen molar-refractivity contribution in [3.05, 3.63) is 58.5 Å². The number of nitrogens with zero attached hydrogens (tertiary/aromatic N) is 2. The minimum atomic E-state index is -0.427. The van der Waals surface area contributed by atoms with Crippen LogP contribution < -0.4 is 10.9 Å². The Hall–Kier alpha value is -2.12. The van der Waals surface area contributed by atoms with Crippen LogP contribution in [0.5, 0.6) is 0 Å². The molecule has 0 radical (unpaired) electrons. The first kappa shape index (κ1) is 14.8. The predicted molar refractivity (Wildman–Crippen MR) is 89.7 cm³/mol. The van der Waals surface area contributed by atoms with Gasteiger partial charge < -0.3 is 5.32 Å². The molecule has 2 aromatic heterocycles. The maximum absolute atomic E-state index is 12.2. The highest BCUT2D eigenvalue weighted by Gasteiger charge is 2.14. The molecule has 0 fully saturated rings. The maximum atomic E-state index is 12.2. The monoisotopic (exact) mass is 331 g/mol. The van der Waals surface area contributed by atoms with Crippen LogP contribution in [0.15, 0.2) is 52.3 Å². The molecule has 0 atom stereocenters. The van der Waals surface area contributed by atoms with Crippen molar-refractivity contribution in [2.24, 2.45) is 0 Å². The Morgan fingerprint density at radius 2 is 2.14 bits per heavy atom. The molecule has 0 unspecified atom stereocenters. The number of thioether (sulfide) groups is 1. The van der Waals surface area contributed by atoms with Crippen molar-refractivity contribution in [2.75, 3.05) is 6.26 Å². The Kier molecular flexibility index (Phi) is 4.26. The number of hydrogen-bond donors (Lipinski definition) is 1. The zero-order chi connectivity index (χ0) is 15.5. The van der Waals surface area contributed by atoms with E-state index in [0.717, 1.165) is 25.9 Å². The van der Waals surface area contributed by atoms with Crippen molar-refractivity contribution in [3.8, 4) is 0 Å². The largest absolute Gasteiger partial charge is 0.338 e. The van der Waals surface area contributed by atoms with Crippen LogP contribution in [-0.2, 0) is 6.54 Å². The van der Waals surface area contributed by atoms with E-state index < -0.39 is 6.03 Å². The van der Waals surface area contributed by atoms with E-state index >= 15 is 0 Å². The summed E-state index contributed by atoms with van der Waals surface area (Å²) in [6.45, 7) is 0.379. The Bertz CT molecular complexity index is 886. The second-order valence-electron chi connectivity index (χ2n) is 4.52. The van der Waals surface area contributed by atoms with Crippen LogP contribution >= 0.6 is 23.3 Å². The molecule has 0 aliphatic rings. The van der Waals surface area contributed by atoms with Gasteiger partial charge in [0, 0.05) is 17.6 Å². The fraction of sp³-hybridized carbons (Fsp3) is 0.133. The molecule has 3 rings (SSSR count). The van der Waals surface area contributed by atoms with Crippen molar-refractivity contribution in [3.63, 3.8) is 0 Å². The minimum absolute atomic E-state index is 0.330. The standard InChI is InChI=1S/C15H13N3O2S2/c1-21-12-7-3-2-5-10(12)9-17-15(20)18-14(19)11-6-4-8-16-13(11)22-18/h2-8H,9H2,1H3,(H,17,20). The lowest BCUT2D eigenvalue weighted by atomic mass is 10.2. The highest BCUT2D eigenvalue weighted by Crippen LogP contribution is 2.19. The lowest BCUT2D eigenvalue weighted by Gasteiger charge is -2.08. The number of fused-ring (bicyclic) bond motifs is 1. The maximum Gasteiger partial charge on any atom is 0.338 e. The fourth-order valence-electron chi connectivity index (χ4n) is 2.09. The van der Waals surface area contributed by atoms with Crippen molar-refractivity contribution in [2.45, 2.75) is 11.4 Å². The summed E-state index contributed by atoms with van der Waals surface area (Å²) in [6.07, 6.45) is 3.60. The first-order chi connectivity index (χ1) is 10.7. The van der Waals surface area contributed by atoms with Crippen molar-refractivity contribution < 1.29 is 4.79 Å². The molecule has 0 spiro atoms. The number of rotatable bonds is 3. The van der Waals surface area contributed by atoms with E-state index in [1.807, 2.05) is 30.5 Å². The van der Waals surface area contributed by atoms with Gasteiger partial charge in [0.05, 0.1) is 5.39 Å². The van der Waals surface area contributed by atoms with Crippen molar-refractivity contribution in [1.82, 2.24) is 14.3 Å². The van der Waals surface area contributed by atoms with Crippen LogP contribution in [0.3, 0.4) is 0 Å². The lowest BCUT2D eigenvalue weighted by Crippen LogP contribution is -2.32.